The van der Waals surface area contributed by atoms with E-state index in [9.17, 15) is 4.79 Å². The number of para-hydroxylation sites is 1. The van der Waals surface area contributed by atoms with Gasteiger partial charge in [0.05, 0.1) is 12.7 Å². The van der Waals surface area contributed by atoms with E-state index in [1.54, 1.807) is 24.4 Å². The number of benzene rings is 1. The van der Waals surface area contributed by atoms with Gasteiger partial charge in [0.2, 0.25) is 5.95 Å². The van der Waals surface area contributed by atoms with Gasteiger partial charge in [0.1, 0.15) is 5.75 Å². The van der Waals surface area contributed by atoms with Gasteiger partial charge in [-0.2, -0.15) is 0 Å². The Morgan fingerprint density at radius 1 is 1.17 bits per heavy atom. The minimum absolute atomic E-state index is 0.0497. The number of anilines is 1. The smallest absolute Gasteiger partial charge is 0.256 e. The van der Waals surface area contributed by atoms with Gasteiger partial charge in [0.15, 0.2) is 0 Å². The Morgan fingerprint density at radius 3 is 2.43 bits per heavy atom. The molecule has 2 rings (SSSR count). The molecular weight excluding hydrogens is 292 g/mol. The zero-order chi connectivity index (χ0) is 16.7. The van der Waals surface area contributed by atoms with Crippen molar-refractivity contribution in [3.8, 4) is 5.75 Å². The first kappa shape index (κ1) is 16.7. The van der Waals surface area contributed by atoms with Crippen molar-refractivity contribution >= 4 is 11.9 Å². The quantitative estimate of drug-likeness (QED) is 0.851. The number of hydrogen-bond donors (Lipinski definition) is 1. The van der Waals surface area contributed by atoms with Crippen LogP contribution in [0.25, 0.3) is 0 Å². The topological polar surface area (TPSA) is 67.4 Å². The van der Waals surface area contributed by atoms with E-state index in [0.29, 0.717) is 31.1 Å². The van der Waals surface area contributed by atoms with Crippen molar-refractivity contribution in [1.82, 2.24) is 14.9 Å². The molecule has 1 N–H and O–H groups in total. The van der Waals surface area contributed by atoms with Crippen molar-refractivity contribution in [2.24, 2.45) is 0 Å². The molecule has 0 fully saturated rings. The van der Waals surface area contributed by atoms with Crippen LogP contribution in [-0.2, 0) is 6.54 Å². The molecule has 6 heteroatoms. The molecule has 1 amide bonds. The van der Waals surface area contributed by atoms with E-state index in [1.807, 2.05) is 38.1 Å². The summed E-state index contributed by atoms with van der Waals surface area (Å²) < 4.78 is 5.30. The average molecular weight is 314 g/mol. The van der Waals surface area contributed by atoms with Crippen LogP contribution in [0.15, 0.2) is 36.7 Å². The number of hydrogen-bond acceptors (Lipinski definition) is 5. The molecule has 0 saturated carbocycles. The van der Waals surface area contributed by atoms with E-state index in [0.717, 1.165) is 11.3 Å². The predicted molar refractivity (Wildman–Crippen MR) is 89.6 cm³/mol. The van der Waals surface area contributed by atoms with Gasteiger partial charge in [-0.05, 0) is 19.9 Å². The Hall–Kier alpha value is -2.63. The highest BCUT2D eigenvalue weighted by molar-refractivity contribution is 5.93. The average Bonchev–Trinajstić information content (AvgIpc) is 2.61. The van der Waals surface area contributed by atoms with Crippen LogP contribution in [0.3, 0.4) is 0 Å². The monoisotopic (exact) mass is 314 g/mol. The summed E-state index contributed by atoms with van der Waals surface area (Å²) in [5.74, 6) is 1.24. The highest BCUT2D eigenvalue weighted by atomic mass is 16.5. The van der Waals surface area contributed by atoms with E-state index in [1.165, 1.54) is 0 Å². The van der Waals surface area contributed by atoms with E-state index < -0.39 is 0 Å². The fourth-order valence-corrected chi connectivity index (χ4v) is 2.25. The Kier molecular flexibility index (Phi) is 5.91. The van der Waals surface area contributed by atoms with Gasteiger partial charge in [-0.25, -0.2) is 9.97 Å². The van der Waals surface area contributed by atoms with Gasteiger partial charge < -0.3 is 15.0 Å². The van der Waals surface area contributed by atoms with Crippen molar-refractivity contribution < 1.29 is 9.53 Å². The molecule has 0 aliphatic rings. The molecule has 1 aromatic carbocycles. The highest BCUT2D eigenvalue weighted by Crippen LogP contribution is 2.18. The molecule has 1 aromatic heterocycles. The Balaban J connectivity index is 2.01. The molecule has 1 heterocycles. The van der Waals surface area contributed by atoms with Gasteiger partial charge in [-0.3, -0.25) is 4.79 Å². The van der Waals surface area contributed by atoms with Crippen molar-refractivity contribution in [2.45, 2.75) is 20.4 Å². The number of nitrogens with zero attached hydrogens (tertiary/aromatic N) is 3. The van der Waals surface area contributed by atoms with Crippen molar-refractivity contribution in [3.63, 3.8) is 0 Å². The number of carbonyl (C=O) groups is 1. The summed E-state index contributed by atoms with van der Waals surface area (Å²) in [6, 6.07) is 7.76. The Bertz CT molecular complexity index is 639. The van der Waals surface area contributed by atoms with Crippen molar-refractivity contribution in [3.05, 3.63) is 47.8 Å². The molecule has 23 heavy (non-hydrogen) atoms. The maximum absolute atomic E-state index is 12.2. The minimum atomic E-state index is -0.0497. The molecule has 0 unspecified atom stereocenters. The second-order valence-electron chi connectivity index (χ2n) is 4.94. The molecular formula is C17H22N4O2. The molecule has 122 valence electrons. The summed E-state index contributed by atoms with van der Waals surface area (Å²) >= 11 is 0. The van der Waals surface area contributed by atoms with Crippen molar-refractivity contribution in [1.29, 1.82) is 0 Å². The number of methoxy groups -OCH3 is 1. The summed E-state index contributed by atoms with van der Waals surface area (Å²) in [5.41, 5.74) is 1.51. The van der Waals surface area contributed by atoms with Gasteiger partial charge in [0, 0.05) is 37.6 Å². The summed E-state index contributed by atoms with van der Waals surface area (Å²) in [6.07, 6.45) is 3.11. The molecule has 0 aliphatic carbocycles. The van der Waals surface area contributed by atoms with E-state index in [4.69, 9.17) is 4.74 Å². The van der Waals surface area contributed by atoms with Crippen LogP contribution in [0.4, 0.5) is 5.95 Å². The minimum Gasteiger partial charge on any atom is -0.496 e. The fraction of sp³-hybridized carbons (Fsp3) is 0.353. The van der Waals surface area contributed by atoms with Crippen LogP contribution in [-0.4, -0.2) is 41.0 Å². The number of rotatable bonds is 7. The van der Waals surface area contributed by atoms with Gasteiger partial charge in [-0.1, -0.05) is 18.2 Å². The zero-order valence-electron chi connectivity index (χ0n) is 13.7. The number of ether oxygens (including phenoxy) is 1. The molecule has 0 atom stereocenters. The van der Waals surface area contributed by atoms with E-state index >= 15 is 0 Å². The normalized spacial score (nSPS) is 10.2. The number of nitrogens with one attached hydrogen (secondary N) is 1. The fourth-order valence-electron chi connectivity index (χ4n) is 2.25. The second kappa shape index (κ2) is 8.12. The van der Waals surface area contributed by atoms with Gasteiger partial charge in [0.25, 0.3) is 5.91 Å². The van der Waals surface area contributed by atoms with Crippen LogP contribution in [0, 0.1) is 0 Å². The van der Waals surface area contributed by atoms with E-state index in [2.05, 4.69) is 15.3 Å². The lowest BCUT2D eigenvalue weighted by Crippen LogP contribution is -2.30. The maximum atomic E-state index is 12.2. The largest absolute Gasteiger partial charge is 0.496 e. The molecule has 0 aliphatic heterocycles. The number of carbonyl (C=O) groups excluding carboxylic acids is 1. The summed E-state index contributed by atoms with van der Waals surface area (Å²) in [5, 5.41) is 3.13. The lowest BCUT2D eigenvalue weighted by Gasteiger charge is -2.18. The van der Waals surface area contributed by atoms with Gasteiger partial charge >= 0.3 is 0 Å². The third kappa shape index (κ3) is 4.18. The lowest BCUT2D eigenvalue weighted by molar-refractivity contribution is 0.0772. The molecule has 6 nitrogen and oxygen atoms in total. The van der Waals surface area contributed by atoms with Crippen LogP contribution < -0.4 is 10.1 Å². The number of amides is 1. The highest BCUT2D eigenvalue weighted by Gasteiger charge is 2.13. The standard InChI is InChI=1S/C17H22N4O2/c1-4-21(5-2)16(22)14-11-19-17(20-12-14)18-10-13-8-6-7-9-15(13)23-3/h6-9,11-12H,4-5,10H2,1-3H3,(H,18,19,20). The first-order chi connectivity index (χ1) is 11.2. The Labute approximate surface area is 136 Å². The lowest BCUT2D eigenvalue weighted by atomic mass is 10.2. The molecule has 0 spiro atoms. The maximum Gasteiger partial charge on any atom is 0.256 e. The van der Waals surface area contributed by atoms with Crippen molar-refractivity contribution in [2.75, 3.05) is 25.5 Å². The summed E-state index contributed by atoms with van der Waals surface area (Å²) in [6.45, 7) is 5.79. The molecule has 0 bridgehead atoms. The first-order valence-electron chi connectivity index (χ1n) is 7.66. The second-order valence-corrected chi connectivity index (χ2v) is 4.94. The summed E-state index contributed by atoms with van der Waals surface area (Å²) in [7, 11) is 1.64. The van der Waals surface area contributed by atoms with Crippen LogP contribution >= 0.6 is 0 Å². The third-order valence-electron chi connectivity index (χ3n) is 3.58. The first-order valence-corrected chi connectivity index (χ1v) is 7.66. The Morgan fingerprint density at radius 2 is 1.83 bits per heavy atom. The van der Waals surface area contributed by atoms with Crippen LogP contribution in [0.1, 0.15) is 29.8 Å². The number of aromatic nitrogens is 2. The summed E-state index contributed by atoms with van der Waals surface area (Å²) in [4.78, 5) is 22.3. The van der Waals surface area contributed by atoms with Gasteiger partial charge in [-0.15, -0.1) is 0 Å². The molecule has 2 aromatic rings. The predicted octanol–water partition coefficient (Wildman–Crippen LogP) is 2.58. The molecule has 0 saturated heterocycles. The zero-order valence-corrected chi connectivity index (χ0v) is 13.7. The van der Waals surface area contributed by atoms with Crippen LogP contribution in [0.5, 0.6) is 5.75 Å². The van der Waals surface area contributed by atoms with Crippen LogP contribution in [0.2, 0.25) is 0 Å². The molecule has 0 radical (unpaired) electrons. The third-order valence-corrected chi connectivity index (χ3v) is 3.58. The SMILES string of the molecule is CCN(CC)C(=O)c1cnc(NCc2ccccc2OC)nc1. The van der Waals surface area contributed by atoms with E-state index in [-0.39, 0.29) is 5.91 Å².